The number of carboxylic acid groups (broad SMARTS) is 1. The van der Waals surface area contributed by atoms with Gasteiger partial charge in [-0.15, -0.1) is 0 Å². The van der Waals surface area contributed by atoms with Crippen LogP contribution in [0.15, 0.2) is 48.5 Å². The highest BCUT2D eigenvalue weighted by atomic mass is 35.5. The summed E-state index contributed by atoms with van der Waals surface area (Å²) in [5.74, 6) is -1.31. The fourth-order valence-corrected chi connectivity index (χ4v) is 3.69. The largest absolute Gasteiger partial charge is 0.496 e. The molecule has 2 atom stereocenters. The van der Waals surface area contributed by atoms with Crippen molar-refractivity contribution in [3.05, 3.63) is 64.7 Å². The Morgan fingerprint density at radius 1 is 1.15 bits per heavy atom. The Hall–Kier alpha value is -2.53. The maximum absolute atomic E-state index is 12.8. The summed E-state index contributed by atoms with van der Waals surface area (Å²) in [6, 6.07) is 14.7. The van der Waals surface area contributed by atoms with Crippen molar-refractivity contribution in [3.8, 4) is 5.75 Å². The molecule has 0 aliphatic carbocycles. The van der Waals surface area contributed by atoms with E-state index in [1.54, 1.807) is 23.1 Å². The SMILES string of the molecule is COc1cccc(Cl)c1CC(=O)N1C[C@H](C(=O)O)[C@H](c2ccccc2)C1. The number of benzene rings is 2. The van der Waals surface area contributed by atoms with Gasteiger partial charge in [0.05, 0.1) is 19.4 Å². The second-order valence-corrected chi connectivity index (χ2v) is 6.77. The molecule has 1 saturated heterocycles. The Morgan fingerprint density at radius 2 is 1.88 bits per heavy atom. The van der Waals surface area contributed by atoms with E-state index in [1.165, 1.54) is 7.11 Å². The molecule has 1 N–H and O–H groups in total. The summed E-state index contributed by atoms with van der Waals surface area (Å²) < 4.78 is 5.29. The highest BCUT2D eigenvalue weighted by Gasteiger charge is 2.40. The predicted octanol–water partition coefficient (Wildman–Crippen LogP) is 3.22. The fourth-order valence-electron chi connectivity index (χ4n) is 3.46. The van der Waals surface area contributed by atoms with Gasteiger partial charge in [0.25, 0.3) is 0 Å². The molecule has 0 aromatic heterocycles. The number of amides is 1. The van der Waals surface area contributed by atoms with Crippen molar-refractivity contribution in [2.45, 2.75) is 12.3 Å². The van der Waals surface area contributed by atoms with E-state index in [2.05, 4.69) is 0 Å². The van der Waals surface area contributed by atoms with Gasteiger partial charge in [0.1, 0.15) is 5.75 Å². The molecule has 6 heteroatoms. The number of methoxy groups -OCH3 is 1. The van der Waals surface area contributed by atoms with Crippen LogP contribution in [0.5, 0.6) is 5.75 Å². The fraction of sp³-hybridized carbons (Fsp3) is 0.300. The molecule has 2 aromatic rings. The first-order valence-electron chi connectivity index (χ1n) is 8.38. The Balaban J connectivity index is 1.80. The van der Waals surface area contributed by atoms with Gasteiger partial charge < -0.3 is 14.7 Å². The third kappa shape index (κ3) is 3.68. The average molecular weight is 374 g/mol. The molecule has 0 saturated carbocycles. The number of ether oxygens (including phenoxy) is 1. The van der Waals surface area contributed by atoms with Gasteiger partial charge >= 0.3 is 5.97 Å². The van der Waals surface area contributed by atoms with Gasteiger partial charge in [-0.2, -0.15) is 0 Å². The van der Waals surface area contributed by atoms with Crippen LogP contribution in [0, 0.1) is 5.92 Å². The molecule has 136 valence electrons. The van der Waals surface area contributed by atoms with E-state index in [9.17, 15) is 14.7 Å². The maximum atomic E-state index is 12.8. The molecular weight excluding hydrogens is 354 g/mol. The van der Waals surface area contributed by atoms with Crippen LogP contribution in [-0.2, 0) is 16.0 Å². The minimum Gasteiger partial charge on any atom is -0.496 e. The lowest BCUT2D eigenvalue weighted by atomic mass is 9.89. The van der Waals surface area contributed by atoms with Gasteiger partial charge in [0.15, 0.2) is 0 Å². The molecule has 26 heavy (non-hydrogen) atoms. The summed E-state index contributed by atoms with van der Waals surface area (Å²) in [5, 5.41) is 10.0. The zero-order valence-electron chi connectivity index (χ0n) is 14.4. The number of hydrogen-bond acceptors (Lipinski definition) is 3. The normalized spacial score (nSPS) is 19.4. The van der Waals surface area contributed by atoms with Gasteiger partial charge in [0, 0.05) is 29.6 Å². The summed E-state index contributed by atoms with van der Waals surface area (Å²) in [7, 11) is 1.53. The van der Waals surface area contributed by atoms with Crippen molar-refractivity contribution in [2.24, 2.45) is 5.92 Å². The summed E-state index contributed by atoms with van der Waals surface area (Å²) in [6.45, 7) is 0.576. The van der Waals surface area contributed by atoms with Gasteiger partial charge in [-0.1, -0.05) is 48.0 Å². The molecule has 1 fully saturated rings. The summed E-state index contributed by atoms with van der Waals surface area (Å²) in [4.78, 5) is 26.1. The summed E-state index contributed by atoms with van der Waals surface area (Å²) >= 11 is 6.22. The molecule has 0 radical (unpaired) electrons. The maximum Gasteiger partial charge on any atom is 0.308 e. The smallest absolute Gasteiger partial charge is 0.308 e. The molecular formula is C20H20ClNO4. The monoisotopic (exact) mass is 373 g/mol. The molecule has 0 spiro atoms. The van der Waals surface area contributed by atoms with Crippen LogP contribution in [0.2, 0.25) is 5.02 Å². The predicted molar refractivity (Wildman–Crippen MR) is 98.6 cm³/mol. The first-order valence-corrected chi connectivity index (χ1v) is 8.76. The Labute approximate surface area is 157 Å². The number of hydrogen-bond donors (Lipinski definition) is 1. The van der Waals surface area contributed by atoms with Gasteiger partial charge in [0.2, 0.25) is 5.91 Å². The van der Waals surface area contributed by atoms with Gasteiger partial charge in [-0.05, 0) is 17.7 Å². The number of carboxylic acids is 1. The van der Waals surface area contributed by atoms with Gasteiger partial charge in [-0.3, -0.25) is 9.59 Å². The van der Waals surface area contributed by atoms with Crippen molar-refractivity contribution in [1.82, 2.24) is 4.90 Å². The van der Waals surface area contributed by atoms with E-state index >= 15 is 0 Å². The lowest BCUT2D eigenvalue weighted by molar-refractivity contribution is -0.141. The number of carbonyl (C=O) groups excluding carboxylic acids is 1. The molecule has 1 heterocycles. The van der Waals surface area contributed by atoms with Crippen LogP contribution in [-0.4, -0.2) is 42.1 Å². The van der Waals surface area contributed by atoms with E-state index in [0.29, 0.717) is 22.9 Å². The van der Waals surface area contributed by atoms with Crippen molar-refractivity contribution >= 4 is 23.5 Å². The number of nitrogens with zero attached hydrogens (tertiary/aromatic N) is 1. The van der Waals surface area contributed by atoms with E-state index in [1.807, 2.05) is 30.3 Å². The lowest BCUT2D eigenvalue weighted by Crippen LogP contribution is -2.31. The van der Waals surface area contributed by atoms with Crippen molar-refractivity contribution in [3.63, 3.8) is 0 Å². The van der Waals surface area contributed by atoms with Crippen molar-refractivity contribution in [1.29, 1.82) is 0 Å². The Kier molecular flexibility index (Phi) is 5.47. The van der Waals surface area contributed by atoms with E-state index < -0.39 is 11.9 Å². The average Bonchev–Trinajstić information content (AvgIpc) is 3.10. The van der Waals surface area contributed by atoms with E-state index in [4.69, 9.17) is 16.3 Å². The van der Waals surface area contributed by atoms with Crippen LogP contribution >= 0.6 is 11.6 Å². The first kappa shape index (κ1) is 18.3. The molecule has 0 unspecified atom stereocenters. The van der Waals surface area contributed by atoms with E-state index in [-0.39, 0.29) is 24.8 Å². The minimum atomic E-state index is -0.885. The molecule has 3 rings (SSSR count). The van der Waals surface area contributed by atoms with E-state index in [0.717, 1.165) is 5.56 Å². The number of aliphatic carboxylic acids is 1. The van der Waals surface area contributed by atoms with Crippen molar-refractivity contribution < 1.29 is 19.4 Å². The second-order valence-electron chi connectivity index (χ2n) is 6.36. The topological polar surface area (TPSA) is 66.8 Å². The third-order valence-corrected chi connectivity index (χ3v) is 5.20. The lowest BCUT2D eigenvalue weighted by Gasteiger charge is -2.18. The third-order valence-electron chi connectivity index (χ3n) is 4.84. The second kappa shape index (κ2) is 7.79. The number of rotatable bonds is 5. The van der Waals surface area contributed by atoms with Crippen LogP contribution in [0.1, 0.15) is 17.0 Å². The molecule has 1 aliphatic heterocycles. The molecule has 2 aromatic carbocycles. The highest BCUT2D eigenvalue weighted by Crippen LogP contribution is 2.34. The zero-order chi connectivity index (χ0) is 18.7. The minimum absolute atomic E-state index is 0.0801. The number of likely N-dealkylation sites (tertiary alicyclic amines) is 1. The summed E-state index contributed by atoms with van der Waals surface area (Å²) in [5.41, 5.74) is 1.56. The number of halogens is 1. The van der Waals surface area contributed by atoms with Gasteiger partial charge in [-0.25, -0.2) is 0 Å². The van der Waals surface area contributed by atoms with Crippen LogP contribution < -0.4 is 4.74 Å². The van der Waals surface area contributed by atoms with Crippen LogP contribution in [0.4, 0.5) is 0 Å². The summed E-state index contributed by atoms with van der Waals surface area (Å²) in [6.07, 6.45) is 0.0801. The number of carbonyl (C=O) groups is 2. The van der Waals surface area contributed by atoms with Crippen LogP contribution in [0.25, 0.3) is 0 Å². The first-order chi connectivity index (χ1) is 12.5. The molecule has 1 aliphatic rings. The Morgan fingerprint density at radius 3 is 2.54 bits per heavy atom. The highest BCUT2D eigenvalue weighted by molar-refractivity contribution is 6.31. The Bertz CT molecular complexity index is 809. The standard InChI is InChI=1S/C20H20ClNO4/c1-26-18-9-5-8-17(21)14(18)10-19(23)22-11-15(16(12-22)20(24)25)13-6-3-2-4-7-13/h2-9,15-16H,10-12H2,1H3,(H,24,25)/t15-,16-/m0/s1. The van der Waals surface area contributed by atoms with Crippen molar-refractivity contribution in [2.75, 3.05) is 20.2 Å². The quantitative estimate of drug-likeness (QED) is 0.873. The molecule has 1 amide bonds. The van der Waals surface area contributed by atoms with Crippen LogP contribution in [0.3, 0.4) is 0 Å². The molecule has 0 bridgehead atoms. The zero-order valence-corrected chi connectivity index (χ0v) is 15.1. The molecule has 5 nitrogen and oxygen atoms in total.